The molecule has 98 valence electrons. The Labute approximate surface area is 110 Å². The van der Waals surface area contributed by atoms with E-state index in [0.29, 0.717) is 4.47 Å². The van der Waals surface area contributed by atoms with Crippen LogP contribution in [-0.2, 0) is 4.79 Å². The van der Waals surface area contributed by atoms with E-state index in [-0.39, 0.29) is 5.69 Å². The van der Waals surface area contributed by atoms with Crippen molar-refractivity contribution in [2.75, 3.05) is 11.9 Å². The Balaban J connectivity index is 2.52. The molecule has 0 saturated heterocycles. The van der Waals surface area contributed by atoms with Crippen molar-refractivity contribution in [2.45, 2.75) is 6.10 Å². The number of carboxylic acid groups (broad SMARTS) is 1. The molecule has 6 nitrogen and oxygen atoms in total. The molecule has 8 heteroatoms. The summed E-state index contributed by atoms with van der Waals surface area (Å²) in [5, 5.41) is 21.6. The van der Waals surface area contributed by atoms with Crippen molar-refractivity contribution in [2.24, 2.45) is 0 Å². The minimum Gasteiger partial charge on any atom is -0.479 e. The van der Waals surface area contributed by atoms with E-state index in [2.05, 4.69) is 26.6 Å². The van der Waals surface area contributed by atoms with Gasteiger partial charge < -0.3 is 20.8 Å². The molecule has 0 bridgehead atoms. The maximum atomic E-state index is 13.3. The maximum Gasteiger partial charge on any atom is 0.334 e. The van der Waals surface area contributed by atoms with Gasteiger partial charge in [-0.2, -0.15) is 0 Å². The fraction of sp³-hybridized carbons (Fsp3) is 0.200. The Morgan fingerprint density at radius 1 is 1.44 bits per heavy atom. The smallest absolute Gasteiger partial charge is 0.334 e. The Hall–Kier alpha value is -1.67. The first-order chi connectivity index (χ1) is 8.40. The van der Waals surface area contributed by atoms with E-state index in [9.17, 15) is 14.0 Å². The number of hydrogen-bond acceptors (Lipinski definition) is 3. The van der Waals surface area contributed by atoms with Crippen LogP contribution in [0.2, 0.25) is 0 Å². The number of aliphatic hydroxyl groups excluding tert-OH is 1. The number of benzene rings is 1. The topological polar surface area (TPSA) is 98.7 Å². The zero-order valence-electron chi connectivity index (χ0n) is 8.98. The highest BCUT2D eigenvalue weighted by atomic mass is 79.9. The van der Waals surface area contributed by atoms with Crippen molar-refractivity contribution in [1.29, 1.82) is 0 Å². The van der Waals surface area contributed by atoms with Crippen LogP contribution in [0.4, 0.5) is 14.9 Å². The van der Waals surface area contributed by atoms with E-state index in [1.807, 2.05) is 0 Å². The number of hydrogen-bond donors (Lipinski definition) is 4. The van der Waals surface area contributed by atoms with Crippen LogP contribution >= 0.6 is 15.9 Å². The molecular formula is C10H10BrFN2O4. The van der Waals surface area contributed by atoms with Crippen LogP contribution < -0.4 is 10.6 Å². The summed E-state index contributed by atoms with van der Waals surface area (Å²) < 4.78 is 13.8. The number of nitrogens with one attached hydrogen (secondary N) is 2. The molecule has 1 atom stereocenters. The lowest BCUT2D eigenvalue weighted by Gasteiger charge is -2.10. The third kappa shape index (κ3) is 4.30. The Kier molecular flexibility index (Phi) is 5.05. The SMILES string of the molecule is O=C(NC[C@H](O)C(=O)O)Nc1ccc(Br)cc1F. The molecule has 1 aromatic rings. The van der Waals surface area contributed by atoms with Crippen molar-refractivity contribution in [3.8, 4) is 0 Å². The van der Waals surface area contributed by atoms with Gasteiger partial charge in [0.25, 0.3) is 0 Å². The van der Waals surface area contributed by atoms with Crippen molar-refractivity contribution in [3.63, 3.8) is 0 Å². The first-order valence-electron chi connectivity index (χ1n) is 4.81. The second-order valence-corrected chi connectivity index (χ2v) is 4.23. The molecule has 0 aromatic heterocycles. The molecule has 0 heterocycles. The molecular weight excluding hydrogens is 311 g/mol. The Bertz CT molecular complexity index is 469. The number of aliphatic carboxylic acids is 1. The van der Waals surface area contributed by atoms with Crippen molar-refractivity contribution in [3.05, 3.63) is 28.5 Å². The molecule has 1 rings (SSSR count). The van der Waals surface area contributed by atoms with Crippen LogP contribution in [0.5, 0.6) is 0 Å². The summed E-state index contributed by atoms with van der Waals surface area (Å²) in [4.78, 5) is 21.5. The van der Waals surface area contributed by atoms with E-state index < -0.39 is 30.5 Å². The van der Waals surface area contributed by atoms with Crippen molar-refractivity contribution in [1.82, 2.24) is 5.32 Å². The average Bonchev–Trinajstić information content (AvgIpc) is 2.29. The van der Waals surface area contributed by atoms with E-state index >= 15 is 0 Å². The van der Waals surface area contributed by atoms with Gasteiger partial charge in [-0.15, -0.1) is 0 Å². The number of amides is 2. The van der Waals surface area contributed by atoms with Gasteiger partial charge in [0.1, 0.15) is 5.82 Å². The van der Waals surface area contributed by atoms with Gasteiger partial charge in [0.05, 0.1) is 12.2 Å². The standard InChI is InChI=1S/C10H10BrFN2O4/c11-5-1-2-7(6(12)3-5)14-10(18)13-4-8(15)9(16)17/h1-3,8,15H,4H2,(H,16,17)(H2,13,14,18)/t8-/m0/s1. The summed E-state index contributed by atoms with van der Waals surface area (Å²) in [5.74, 6) is -2.09. The quantitative estimate of drug-likeness (QED) is 0.669. The number of carboxylic acids is 1. The normalized spacial score (nSPS) is 11.7. The lowest BCUT2D eigenvalue weighted by Crippen LogP contribution is -2.38. The van der Waals surface area contributed by atoms with Gasteiger partial charge in [0, 0.05) is 4.47 Å². The maximum absolute atomic E-state index is 13.3. The number of carbonyl (C=O) groups is 2. The second-order valence-electron chi connectivity index (χ2n) is 3.31. The van der Waals surface area contributed by atoms with Crippen LogP contribution in [0.3, 0.4) is 0 Å². The number of halogens is 2. The van der Waals surface area contributed by atoms with Gasteiger partial charge >= 0.3 is 12.0 Å². The summed E-state index contributed by atoms with van der Waals surface area (Å²) in [7, 11) is 0. The molecule has 0 aliphatic heterocycles. The first-order valence-corrected chi connectivity index (χ1v) is 5.60. The van der Waals surface area contributed by atoms with E-state index in [1.165, 1.54) is 18.2 Å². The third-order valence-electron chi connectivity index (χ3n) is 1.92. The fourth-order valence-electron chi connectivity index (χ4n) is 1.03. The van der Waals surface area contributed by atoms with Gasteiger partial charge in [-0.3, -0.25) is 0 Å². The van der Waals surface area contributed by atoms with Crippen molar-refractivity contribution < 1.29 is 24.2 Å². The molecule has 0 spiro atoms. The van der Waals surface area contributed by atoms with Crippen LogP contribution in [0.25, 0.3) is 0 Å². The molecule has 1 aromatic carbocycles. The first kappa shape index (κ1) is 14.4. The van der Waals surface area contributed by atoms with E-state index in [1.54, 1.807) is 0 Å². The Morgan fingerprint density at radius 2 is 2.11 bits per heavy atom. The average molecular weight is 321 g/mol. The summed E-state index contributed by atoms with van der Waals surface area (Å²) in [6, 6.07) is 3.23. The van der Waals surface area contributed by atoms with Crippen molar-refractivity contribution >= 4 is 33.6 Å². The number of anilines is 1. The molecule has 18 heavy (non-hydrogen) atoms. The third-order valence-corrected chi connectivity index (χ3v) is 2.41. The fourth-order valence-corrected chi connectivity index (χ4v) is 1.37. The highest BCUT2D eigenvalue weighted by Gasteiger charge is 2.14. The molecule has 0 radical (unpaired) electrons. The molecule has 2 amide bonds. The lowest BCUT2D eigenvalue weighted by molar-refractivity contribution is -0.146. The highest BCUT2D eigenvalue weighted by Crippen LogP contribution is 2.18. The summed E-state index contributed by atoms with van der Waals surface area (Å²) in [5.41, 5.74) is -0.0551. The van der Waals surface area contributed by atoms with E-state index in [4.69, 9.17) is 10.2 Å². The molecule has 0 aliphatic rings. The number of urea groups is 1. The molecule has 0 fully saturated rings. The largest absolute Gasteiger partial charge is 0.479 e. The highest BCUT2D eigenvalue weighted by molar-refractivity contribution is 9.10. The zero-order valence-corrected chi connectivity index (χ0v) is 10.6. The summed E-state index contributed by atoms with van der Waals surface area (Å²) in [6.45, 7) is -0.473. The minimum absolute atomic E-state index is 0.0551. The van der Waals surface area contributed by atoms with Gasteiger partial charge in [-0.25, -0.2) is 14.0 Å². The van der Waals surface area contributed by atoms with Crippen LogP contribution in [0.1, 0.15) is 0 Å². The number of aliphatic hydroxyl groups is 1. The summed E-state index contributed by atoms with van der Waals surface area (Å²) >= 11 is 3.06. The van der Waals surface area contributed by atoms with Gasteiger partial charge in [-0.1, -0.05) is 15.9 Å². The molecule has 0 unspecified atom stereocenters. The predicted molar refractivity (Wildman–Crippen MR) is 64.8 cm³/mol. The van der Waals surface area contributed by atoms with Crippen LogP contribution in [0.15, 0.2) is 22.7 Å². The summed E-state index contributed by atoms with van der Waals surface area (Å²) in [6.07, 6.45) is -1.70. The molecule has 4 N–H and O–H groups in total. The van der Waals surface area contributed by atoms with Crippen LogP contribution in [0, 0.1) is 5.82 Å². The number of carbonyl (C=O) groups excluding carboxylic acids is 1. The molecule has 0 saturated carbocycles. The predicted octanol–water partition coefficient (Wildman–Crippen LogP) is 1.16. The Morgan fingerprint density at radius 3 is 2.67 bits per heavy atom. The minimum atomic E-state index is -1.70. The number of rotatable bonds is 4. The van der Waals surface area contributed by atoms with Gasteiger partial charge in [-0.05, 0) is 18.2 Å². The zero-order chi connectivity index (χ0) is 13.7. The van der Waals surface area contributed by atoms with Gasteiger partial charge in [0.15, 0.2) is 6.10 Å². The van der Waals surface area contributed by atoms with Crippen LogP contribution in [-0.4, -0.2) is 34.9 Å². The second kappa shape index (κ2) is 6.31. The van der Waals surface area contributed by atoms with Gasteiger partial charge in [0.2, 0.25) is 0 Å². The molecule has 0 aliphatic carbocycles. The van der Waals surface area contributed by atoms with E-state index in [0.717, 1.165) is 0 Å². The monoisotopic (exact) mass is 320 g/mol. The lowest BCUT2D eigenvalue weighted by atomic mass is 10.3.